The molecular formula is C27H23Cl2FN4O3S. The second kappa shape index (κ2) is 11.4. The summed E-state index contributed by atoms with van der Waals surface area (Å²) in [4.78, 5) is 12.8. The first kappa shape index (κ1) is 27.4. The Hall–Kier alpha value is -3.66. The number of carbonyl (C=O) groups is 1. The molecule has 0 fully saturated rings. The van der Waals surface area contributed by atoms with Crippen molar-refractivity contribution in [1.29, 1.82) is 0 Å². The van der Waals surface area contributed by atoms with Gasteiger partial charge in [0.05, 0.1) is 27.5 Å². The molecule has 0 aliphatic carbocycles. The van der Waals surface area contributed by atoms with Crippen molar-refractivity contribution in [2.24, 2.45) is 5.10 Å². The van der Waals surface area contributed by atoms with Crippen molar-refractivity contribution in [2.45, 2.75) is 18.7 Å². The summed E-state index contributed by atoms with van der Waals surface area (Å²) in [5.41, 5.74) is 5.69. The smallest absolute Gasteiger partial charge is 0.264 e. The van der Waals surface area contributed by atoms with E-state index in [9.17, 15) is 17.6 Å². The molecule has 1 amide bonds. The molecule has 0 atom stereocenters. The van der Waals surface area contributed by atoms with Crippen LogP contribution in [-0.4, -0.2) is 31.7 Å². The fourth-order valence-corrected chi connectivity index (χ4v) is 5.87. The Balaban J connectivity index is 1.55. The molecule has 3 aromatic carbocycles. The van der Waals surface area contributed by atoms with Crippen molar-refractivity contribution >= 4 is 51.0 Å². The normalized spacial score (nSPS) is 11.6. The monoisotopic (exact) mass is 572 g/mol. The van der Waals surface area contributed by atoms with E-state index in [-0.39, 0.29) is 10.6 Å². The number of aromatic nitrogens is 1. The summed E-state index contributed by atoms with van der Waals surface area (Å²) in [5, 5.41) is 5.04. The molecule has 0 aliphatic heterocycles. The number of amides is 1. The predicted molar refractivity (Wildman–Crippen MR) is 148 cm³/mol. The molecule has 0 unspecified atom stereocenters. The van der Waals surface area contributed by atoms with Crippen LogP contribution in [0.2, 0.25) is 10.0 Å². The van der Waals surface area contributed by atoms with Crippen LogP contribution in [0.4, 0.5) is 10.1 Å². The highest BCUT2D eigenvalue weighted by Crippen LogP contribution is 2.28. The lowest BCUT2D eigenvalue weighted by molar-refractivity contribution is -0.119. The Morgan fingerprint density at radius 1 is 1.03 bits per heavy atom. The van der Waals surface area contributed by atoms with E-state index >= 15 is 0 Å². The quantitative estimate of drug-likeness (QED) is 0.211. The van der Waals surface area contributed by atoms with Gasteiger partial charge in [-0.05, 0) is 74.5 Å². The first-order valence-corrected chi connectivity index (χ1v) is 13.6. The maximum Gasteiger partial charge on any atom is 0.264 e. The highest BCUT2D eigenvalue weighted by Gasteiger charge is 2.27. The number of halogens is 3. The van der Waals surface area contributed by atoms with Crippen LogP contribution >= 0.6 is 23.2 Å². The summed E-state index contributed by atoms with van der Waals surface area (Å²) in [6, 6.07) is 19.6. The summed E-state index contributed by atoms with van der Waals surface area (Å²) in [7, 11) is -4.11. The highest BCUT2D eigenvalue weighted by atomic mass is 35.5. The van der Waals surface area contributed by atoms with Gasteiger partial charge in [-0.2, -0.15) is 5.10 Å². The molecule has 0 saturated carbocycles. The van der Waals surface area contributed by atoms with Crippen molar-refractivity contribution < 1.29 is 17.6 Å². The number of sulfonamides is 1. The standard InChI is InChI=1S/C27H23Cl2FN4O3S/c1-18-14-20(19(2)34(18)26-13-8-21(28)15-25(26)29)16-31-32-27(35)17-33(23-11-9-22(30)10-12-23)38(36,37)24-6-4-3-5-7-24/h3-16H,17H2,1-2H3,(H,32,35)/b31-16-. The summed E-state index contributed by atoms with van der Waals surface area (Å²) in [6.07, 6.45) is 1.47. The van der Waals surface area contributed by atoms with Gasteiger partial charge in [-0.15, -0.1) is 0 Å². The van der Waals surface area contributed by atoms with E-state index in [1.165, 1.54) is 30.5 Å². The van der Waals surface area contributed by atoms with Gasteiger partial charge < -0.3 is 4.57 Å². The Labute approximate surface area is 230 Å². The fraction of sp³-hybridized carbons (Fsp3) is 0.111. The SMILES string of the molecule is Cc1cc(/C=N\NC(=O)CN(c2ccc(F)cc2)S(=O)(=O)c2ccccc2)c(C)n1-c1ccc(Cl)cc1Cl. The van der Waals surface area contributed by atoms with Gasteiger partial charge in [-0.25, -0.2) is 18.2 Å². The van der Waals surface area contributed by atoms with Crippen molar-refractivity contribution in [2.75, 3.05) is 10.8 Å². The van der Waals surface area contributed by atoms with Gasteiger partial charge in [0, 0.05) is 22.0 Å². The third-order valence-electron chi connectivity index (χ3n) is 5.75. The molecule has 0 radical (unpaired) electrons. The average Bonchev–Trinajstić information content (AvgIpc) is 3.16. The van der Waals surface area contributed by atoms with Gasteiger partial charge in [0.15, 0.2) is 0 Å². The number of rotatable bonds is 8. The maximum absolute atomic E-state index is 13.5. The highest BCUT2D eigenvalue weighted by molar-refractivity contribution is 7.92. The zero-order valence-electron chi connectivity index (χ0n) is 20.4. The van der Waals surface area contributed by atoms with Gasteiger partial charge in [0.1, 0.15) is 12.4 Å². The lowest BCUT2D eigenvalue weighted by atomic mass is 10.2. The van der Waals surface area contributed by atoms with Crippen LogP contribution < -0.4 is 9.73 Å². The summed E-state index contributed by atoms with van der Waals surface area (Å²) in [5.74, 6) is -1.21. The third kappa shape index (κ3) is 5.91. The molecule has 0 aliphatic rings. The number of anilines is 1. The first-order valence-electron chi connectivity index (χ1n) is 11.4. The zero-order valence-corrected chi connectivity index (χ0v) is 22.7. The maximum atomic E-state index is 13.5. The van der Waals surface area contributed by atoms with Crippen LogP contribution in [0.5, 0.6) is 0 Å². The topological polar surface area (TPSA) is 83.8 Å². The molecule has 0 bridgehead atoms. The lowest BCUT2D eigenvalue weighted by Gasteiger charge is -2.23. The van der Waals surface area contributed by atoms with E-state index in [0.29, 0.717) is 10.0 Å². The molecule has 7 nitrogen and oxygen atoms in total. The molecule has 1 heterocycles. The summed E-state index contributed by atoms with van der Waals surface area (Å²) < 4.78 is 42.9. The number of nitrogens with one attached hydrogen (secondary N) is 1. The summed E-state index contributed by atoms with van der Waals surface area (Å²) >= 11 is 12.4. The minimum atomic E-state index is -4.11. The number of nitrogens with zero attached hydrogens (tertiary/aromatic N) is 3. The van der Waals surface area contributed by atoms with Crippen LogP contribution in [-0.2, 0) is 14.8 Å². The average molecular weight is 573 g/mol. The number of carbonyl (C=O) groups excluding carboxylic acids is 1. The molecule has 11 heteroatoms. The Bertz CT molecular complexity index is 1610. The van der Waals surface area contributed by atoms with Crippen LogP contribution in [0.15, 0.2) is 88.9 Å². The third-order valence-corrected chi connectivity index (χ3v) is 8.07. The molecule has 4 rings (SSSR count). The van der Waals surface area contributed by atoms with Crippen LogP contribution in [0.1, 0.15) is 17.0 Å². The molecular weight excluding hydrogens is 550 g/mol. The Kier molecular flexibility index (Phi) is 8.20. The minimum absolute atomic E-state index is 0.00562. The molecule has 38 heavy (non-hydrogen) atoms. The van der Waals surface area contributed by atoms with Crippen molar-refractivity contribution in [1.82, 2.24) is 9.99 Å². The fourth-order valence-electron chi connectivity index (χ4n) is 3.93. The number of benzene rings is 3. The molecule has 0 spiro atoms. The molecule has 1 aromatic heterocycles. The predicted octanol–water partition coefficient (Wildman–Crippen LogP) is 5.89. The van der Waals surface area contributed by atoms with E-state index in [2.05, 4.69) is 10.5 Å². The van der Waals surface area contributed by atoms with Gasteiger partial charge in [-0.3, -0.25) is 9.10 Å². The van der Waals surface area contributed by atoms with E-state index in [1.54, 1.807) is 30.3 Å². The molecule has 0 saturated heterocycles. The van der Waals surface area contributed by atoms with E-state index in [0.717, 1.165) is 39.1 Å². The van der Waals surface area contributed by atoms with E-state index in [4.69, 9.17) is 23.2 Å². The van der Waals surface area contributed by atoms with Crippen LogP contribution in [0.3, 0.4) is 0 Å². The van der Waals surface area contributed by atoms with E-state index < -0.39 is 28.3 Å². The second-order valence-corrected chi connectivity index (χ2v) is 11.1. The summed E-state index contributed by atoms with van der Waals surface area (Å²) in [6.45, 7) is 3.21. The Morgan fingerprint density at radius 2 is 1.71 bits per heavy atom. The Morgan fingerprint density at radius 3 is 2.37 bits per heavy atom. The van der Waals surface area contributed by atoms with Gasteiger partial charge >= 0.3 is 0 Å². The van der Waals surface area contributed by atoms with Crippen molar-refractivity contribution in [3.8, 4) is 5.69 Å². The van der Waals surface area contributed by atoms with Gasteiger partial charge in [-0.1, -0.05) is 41.4 Å². The minimum Gasteiger partial charge on any atom is -0.316 e. The zero-order chi connectivity index (χ0) is 27.4. The molecule has 196 valence electrons. The van der Waals surface area contributed by atoms with Crippen LogP contribution in [0.25, 0.3) is 5.69 Å². The van der Waals surface area contributed by atoms with Crippen LogP contribution in [0, 0.1) is 19.7 Å². The number of aryl methyl sites for hydroxylation is 1. The largest absolute Gasteiger partial charge is 0.316 e. The van der Waals surface area contributed by atoms with Crippen molar-refractivity contribution in [3.63, 3.8) is 0 Å². The number of hydrazone groups is 1. The second-order valence-electron chi connectivity index (χ2n) is 8.35. The number of hydrogen-bond donors (Lipinski definition) is 1. The molecule has 1 N–H and O–H groups in total. The van der Waals surface area contributed by atoms with Gasteiger partial charge in [0.2, 0.25) is 0 Å². The van der Waals surface area contributed by atoms with Crippen molar-refractivity contribution in [3.05, 3.63) is 112 Å². The number of hydrogen-bond acceptors (Lipinski definition) is 4. The molecule has 4 aromatic rings. The first-order chi connectivity index (χ1) is 18.1. The lowest BCUT2D eigenvalue weighted by Crippen LogP contribution is -2.39. The van der Waals surface area contributed by atoms with E-state index in [1.807, 2.05) is 30.5 Å². The van der Waals surface area contributed by atoms with Gasteiger partial charge in [0.25, 0.3) is 15.9 Å².